The number of hydrogen-bond acceptors (Lipinski definition) is 6. The number of anilines is 1. The minimum absolute atomic E-state index is 0.0355. The molecule has 34 heavy (non-hydrogen) atoms. The van der Waals surface area contributed by atoms with Crippen LogP contribution in [-0.4, -0.2) is 54.6 Å². The first-order valence-corrected chi connectivity index (χ1v) is 12.3. The number of aromatic amines is 1. The van der Waals surface area contributed by atoms with Crippen LogP contribution in [0, 0.1) is 0 Å². The quantitative estimate of drug-likeness (QED) is 0.387. The fourth-order valence-corrected chi connectivity index (χ4v) is 5.27. The van der Waals surface area contributed by atoms with Gasteiger partial charge in [-0.05, 0) is 55.6 Å². The number of nitrogens with zero attached hydrogens (tertiary/aromatic N) is 2. The Morgan fingerprint density at radius 3 is 2.74 bits per heavy atom. The summed E-state index contributed by atoms with van der Waals surface area (Å²) in [5, 5.41) is 6.72. The Kier molecular flexibility index (Phi) is 6.51. The first-order valence-electron chi connectivity index (χ1n) is 11.4. The van der Waals surface area contributed by atoms with Gasteiger partial charge in [-0.15, -0.1) is 11.3 Å². The largest absolute Gasteiger partial charge is 0.497 e. The van der Waals surface area contributed by atoms with Gasteiger partial charge in [0.05, 0.1) is 26.5 Å². The second kappa shape index (κ2) is 9.87. The molecule has 5 rings (SSSR count). The van der Waals surface area contributed by atoms with Crippen molar-refractivity contribution in [3.63, 3.8) is 0 Å². The maximum absolute atomic E-state index is 12.7. The van der Waals surface area contributed by atoms with Crippen molar-refractivity contribution in [3.05, 3.63) is 59.6 Å². The first-order chi connectivity index (χ1) is 16.6. The van der Waals surface area contributed by atoms with Crippen LogP contribution < -0.4 is 14.8 Å². The molecule has 176 valence electrons. The lowest BCUT2D eigenvalue weighted by Crippen LogP contribution is -2.38. The van der Waals surface area contributed by atoms with Crippen LogP contribution in [0.5, 0.6) is 11.5 Å². The number of amides is 1. The van der Waals surface area contributed by atoms with Crippen molar-refractivity contribution in [2.75, 3.05) is 39.2 Å². The van der Waals surface area contributed by atoms with E-state index in [0.717, 1.165) is 42.9 Å². The van der Waals surface area contributed by atoms with Crippen LogP contribution in [0.15, 0.2) is 53.9 Å². The molecule has 0 saturated carbocycles. The Bertz CT molecular complexity index is 1260. The number of rotatable bonds is 7. The second-order valence-corrected chi connectivity index (χ2v) is 9.37. The number of para-hydroxylation sites is 1. The standard InChI is InChI=1S/C26H28N4O3S/c1-32-19-7-8-20(24(14-19)33-2)23-16-34-26(28-23)29-25(31)15-30-11-9-17(10-12-30)22-13-18-5-3-4-6-21(18)27-22/h3-8,13-14,16-17,27H,9-12,15H2,1-2H3,(H,28,29,31). The molecule has 0 spiro atoms. The summed E-state index contributed by atoms with van der Waals surface area (Å²) in [4.78, 5) is 23.0. The molecule has 7 nitrogen and oxygen atoms in total. The average Bonchev–Trinajstić information content (AvgIpc) is 3.51. The van der Waals surface area contributed by atoms with E-state index in [1.165, 1.54) is 27.9 Å². The zero-order chi connectivity index (χ0) is 23.5. The summed E-state index contributed by atoms with van der Waals surface area (Å²) in [6, 6.07) is 16.3. The predicted molar refractivity (Wildman–Crippen MR) is 136 cm³/mol. The van der Waals surface area contributed by atoms with Gasteiger partial charge in [0.1, 0.15) is 11.5 Å². The van der Waals surface area contributed by atoms with Crippen LogP contribution in [0.25, 0.3) is 22.2 Å². The van der Waals surface area contributed by atoms with E-state index in [-0.39, 0.29) is 5.91 Å². The summed E-state index contributed by atoms with van der Waals surface area (Å²) in [5.74, 6) is 1.87. The second-order valence-electron chi connectivity index (χ2n) is 8.51. The van der Waals surface area contributed by atoms with E-state index in [2.05, 4.69) is 50.5 Å². The summed E-state index contributed by atoms with van der Waals surface area (Å²) in [7, 11) is 3.24. The maximum atomic E-state index is 12.7. The Labute approximate surface area is 202 Å². The Hall–Kier alpha value is -3.36. The number of methoxy groups -OCH3 is 2. The van der Waals surface area contributed by atoms with Crippen LogP contribution in [-0.2, 0) is 4.79 Å². The van der Waals surface area contributed by atoms with Gasteiger partial charge in [-0.25, -0.2) is 4.98 Å². The molecule has 1 saturated heterocycles. The number of aromatic nitrogens is 2. The van der Waals surface area contributed by atoms with Gasteiger partial charge in [0.2, 0.25) is 5.91 Å². The molecule has 1 fully saturated rings. The van der Waals surface area contributed by atoms with Gasteiger partial charge in [0.15, 0.2) is 5.13 Å². The van der Waals surface area contributed by atoms with Crippen molar-refractivity contribution >= 4 is 33.3 Å². The SMILES string of the molecule is COc1ccc(-c2csc(NC(=O)CN3CCC(c4cc5ccccc5[nH]4)CC3)n2)c(OC)c1. The van der Waals surface area contributed by atoms with Crippen molar-refractivity contribution in [2.24, 2.45) is 0 Å². The fraction of sp³-hybridized carbons (Fsp3) is 0.308. The van der Waals surface area contributed by atoms with Crippen LogP contribution in [0.3, 0.4) is 0 Å². The number of ether oxygens (including phenoxy) is 2. The van der Waals surface area contributed by atoms with E-state index in [4.69, 9.17) is 9.47 Å². The summed E-state index contributed by atoms with van der Waals surface area (Å²) in [5.41, 5.74) is 4.11. The number of likely N-dealkylation sites (tertiary alicyclic amines) is 1. The van der Waals surface area contributed by atoms with Gasteiger partial charge in [0, 0.05) is 34.1 Å². The third-order valence-corrected chi connectivity index (χ3v) is 7.14. The van der Waals surface area contributed by atoms with Crippen molar-refractivity contribution in [3.8, 4) is 22.8 Å². The molecule has 4 aromatic rings. The van der Waals surface area contributed by atoms with Gasteiger partial charge >= 0.3 is 0 Å². The Morgan fingerprint density at radius 1 is 1.15 bits per heavy atom. The number of piperidine rings is 1. The summed E-state index contributed by atoms with van der Waals surface area (Å²) in [6.45, 7) is 2.18. The lowest BCUT2D eigenvalue weighted by atomic mass is 9.93. The number of nitrogens with one attached hydrogen (secondary N) is 2. The van der Waals surface area contributed by atoms with E-state index in [1.807, 2.05) is 23.6 Å². The van der Waals surface area contributed by atoms with Crippen molar-refractivity contribution in [1.29, 1.82) is 0 Å². The molecule has 3 heterocycles. The molecule has 1 aliphatic heterocycles. The highest BCUT2D eigenvalue weighted by molar-refractivity contribution is 7.14. The molecule has 1 aliphatic rings. The number of hydrogen-bond donors (Lipinski definition) is 2. The van der Waals surface area contributed by atoms with E-state index in [1.54, 1.807) is 14.2 Å². The van der Waals surface area contributed by atoms with Crippen molar-refractivity contribution in [2.45, 2.75) is 18.8 Å². The topological polar surface area (TPSA) is 79.5 Å². The van der Waals surface area contributed by atoms with E-state index < -0.39 is 0 Å². The zero-order valence-electron chi connectivity index (χ0n) is 19.3. The lowest BCUT2D eigenvalue weighted by Gasteiger charge is -2.30. The highest BCUT2D eigenvalue weighted by Gasteiger charge is 2.23. The minimum atomic E-state index is -0.0355. The monoisotopic (exact) mass is 476 g/mol. The Morgan fingerprint density at radius 2 is 1.97 bits per heavy atom. The van der Waals surface area contributed by atoms with E-state index in [9.17, 15) is 4.79 Å². The van der Waals surface area contributed by atoms with Gasteiger partial charge in [-0.1, -0.05) is 18.2 Å². The average molecular weight is 477 g/mol. The number of thiazole rings is 1. The molecule has 8 heteroatoms. The molecule has 0 bridgehead atoms. The molecule has 2 N–H and O–H groups in total. The molecular formula is C26H28N4O3S. The van der Waals surface area contributed by atoms with Crippen molar-refractivity contribution in [1.82, 2.24) is 14.9 Å². The summed E-state index contributed by atoms with van der Waals surface area (Å²) >= 11 is 1.41. The van der Waals surface area contributed by atoms with Crippen LogP contribution in [0.2, 0.25) is 0 Å². The normalized spacial score (nSPS) is 14.9. The number of benzene rings is 2. The highest BCUT2D eigenvalue weighted by atomic mass is 32.1. The van der Waals surface area contributed by atoms with Crippen LogP contribution in [0.4, 0.5) is 5.13 Å². The summed E-state index contributed by atoms with van der Waals surface area (Å²) in [6.07, 6.45) is 2.08. The molecule has 0 unspecified atom stereocenters. The van der Waals surface area contributed by atoms with Crippen molar-refractivity contribution < 1.29 is 14.3 Å². The van der Waals surface area contributed by atoms with Gasteiger partial charge < -0.3 is 19.8 Å². The fourth-order valence-electron chi connectivity index (χ4n) is 4.54. The Balaban J connectivity index is 1.16. The molecule has 0 aliphatic carbocycles. The number of fused-ring (bicyclic) bond motifs is 1. The van der Waals surface area contributed by atoms with Gasteiger partial charge in [0.25, 0.3) is 0 Å². The zero-order valence-corrected chi connectivity index (χ0v) is 20.2. The molecule has 2 aromatic carbocycles. The molecule has 2 aromatic heterocycles. The molecule has 0 atom stereocenters. The summed E-state index contributed by atoms with van der Waals surface area (Å²) < 4.78 is 10.7. The first kappa shape index (κ1) is 22.4. The lowest BCUT2D eigenvalue weighted by molar-refractivity contribution is -0.117. The van der Waals surface area contributed by atoms with E-state index >= 15 is 0 Å². The molecule has 0 radical (unpaired) electrons. The predicted octanol–water partition coefficient (Wildman–Crippen LogP) is 5.13. The molecular weight excluding hydrogens is 448 g/mol. The van der Waals surface area contributed by atoms with Crippen LogP contribution >= 0.6 is 11.3 Å². The van der Waals surface area contributed by atoms with Crippen LogP contribution in [0.1, 0.15) is 24.5 Å². The maximum Gasteiger partial charge on any atom is 0.240 e. The number of carbonyl (C=O) groups excluding carboxylic acids is 1. The van der Waals surface area contributed by atoms with Gasteiger partial charge in [-0.3, -0.25) is 9.69 Å². The van der Waals surface area contributed by atoms with E-state index in [0.29, 0.717) is 23.3 Å². The third kappa shape index (κ3) is 4.78. The highest BCUT2D eigenvalue weighted by Crippen LogP contribution is 2.35. The number of carbonyl (C=O) groups is 1. The molecule has 1 amide bonds. The smallest absolute Gasteiger partial charge is 0.240 e. The minimum Gasteiger partial charge on any atom is -0.497 e. The number of H-pyrrole nitrogens is 1. The van der Waals surface area contributed by atoms with Gasteiger partial charge in [-0.2, -0.15) is 0 Å². The third-order valence-electron chi connectivity index (χ3n) is 6.38.